The summed E-state index contributed by atoms with van der Waals surface area (Å²) < 4.78 is 35.7. The van der Waals surface area contributed by atoms with Crippen molar-refractivity contribution >= 4 is 0 Å². The Balaban J connectivity index is 1.54. The minimum atomic E-state index is -0.549. The van der Waals surface area contributed by atoms with Crippen LogP contribution in [0, 0.1) is 0 Å². The minimum Gasteiger partial charge on any atom is -0.373 e. The molecule has 0 radical (unpaired) electrons. The Morgan fingerprint density at radius 1 is 0.857 bits per heavy atom. The maximum Gasteiger partial charge on any atom is 0.186 e. The van der Waals surface area contributed by atoms with E-state index in [0.717, 1.165) is 11.1 Å². The van der Waals surface area contributed by atoms with E-state index in [-0.39, 0.29) is 18.3 Å². The van der Waals surface area contributed by atoms with Gasteiger partial charge in [-0.3, -0.25) is 0 Å². The highest BCUT2D eigenvalue weighted by molar-refractivity contribution is 5.17. The number of hydrogen-bond donors (Lipinski definition) is 0. The van der Waals surface area contributed by atoms with E-state index in [1.165, 1.54) is 0 Å². The molecule has 2 aliphatic heterocycles. The number of rotatable bonds is 6. The zero-order chi connectivity index (χ0) is 19.3. The van der Waals surface area contributed by atoms with Crippen LogP contribution in [0.1, 0.15) is 17.4 Å². The van der Waals surface area contributed by atoms with Crippen LogP contribution in [0.5, 0.6) is 0 Å². The summed E-state index contributed by atoms with van der Waals surface area (Å²) in [6.07, 6.45) is -2.41. The average Bonchev–Trinajstić information content (AvgIpc) is 2.77. The smallest absolute Gasteiger partial charge is 0.186 e. The van der Waals surface area contributed by atoms with Gasteiger partial charge in [-0.1, -0.05) is 60.7 Å². The Morgan fingerprint density at radius 2 is 1.57 bits per heavy atom. The van der Waals surface area contributed by atoms with Gasteiger partial charge in [0.05, 0.1) is 13.2 Å². The molecule has 150 valence electrons. The van der Waals surface area contributed by atoms with Gasteiger partial charge in [0, 0.05) is 19.8 Å². The van der Waals surface area contributed by atoms with Crippen molar-refractivity contribution in [1.82, 2.24) is 0 Å². The van der Waals surface area contributed by atoms with Gasteiger partial charge in [-0.2, -0.15) is 0 Å². The molecule has 6 heteroatoms. The van der Waals surface area contributed by atoms with Gasteiger partial charge in [-0.15, -0.1) is 0 Å². The maximum absolute atomic E-state index is 6.29. The van der Waals surface area contributed by atoms with Crippen LogP contribution in [0.2, 0.25) is 0 Å². The van der Waals surface area contributed by atoms with E-state index in [4.69, 9.17) is 28.4 Å². The lowest BCUT2D eigenvalue weighted by Crippen LogP contribution is -2.63. The van der Waals surface area contributed by atoms with Crippen LogP contribution in [-0.4, -0.2) is 51.5 Å². The van der Waals surface area contributed by atoms with Gasteiger partial charge in [0.1, 0.15) is 24.4 Å². The molecular weight excluding hydrogens is 360 g/mol. The molecule has 0 aliphatic carbocycles. The lowest BCUT2D eigenvalue weighted by molar-refractivity contribution is -0.366. The summed E-state index contributed by atoms with van der Waals surface area (Å²) >= 11 is 0. The maximum atomic E-state index is 6.29. The largest absolute Gasteiger partial charge is 0.373 e. The number of benzene rings is 2. The van der Waals surface area contributed by atoms with Crippen LogP contribution in [0.4, 0.5) is 0 Å². The Labute approximate surface area is 165 Å². The lowest BCUT2D eigenvalue weighted by atomic mass is 9.97. The van der Waals surface area contributed by atoms with Gasteiger partial charge in [0.25, 0.3) is 0 Å². The quantitative estimate of drug-likeness (QED) is 0.761. The van der Waals surface area contributed by atoms with Crippen LogP contribution in [-0.2, 0) is 35.0 Å². The summed E-state index contributed by atoms with van der Waals surface area (Å²) in [4.78, 5) is 0. The molecule has 2 aliphatic rings. The second-order valence-electron chi connectivity index (χ2n) is 6.92. The molecule has 2 saturated heterocycles. The van der Waals surface area contributed by atoms with E-state index < -0.39 is 18.7 Å². The molecule has 2 aromatic rings. The fraction of sp³-hybridized carbons (Fsp3) is 0.455. The molecule has 28 heavy (non-hydrogen) atoms. The predicted molar refractivity (Wildman–Crippen MR) is 101 cm³/mol. The molecule has 6 nitrogen and oxygen atoms in total. The molecule has 0 spiro atoms. The minimum absolute atomic E-state index is 0.294. The van der Waals surface area contributed by atoms with Crippen LogP contribution >= 0.6 is 0 Å². The van der Waals surface area contributed by atoms with Crippen molar-refractivity contribution < 1.29 is 28.4 Å². The van der Waals surface area contributed by atoms with Crippen LogP contribution in [0.15, 0.2) is 60.7 Å². The Morgan fingerprint density at radius 3 is 2.25 bits per heavy atom. The molecular formula is C22H26O6. The summed E-state index contributed by atoms with van der Waals surface area (Å²) in [6.45, 7) is 0.844. The SMILES string of the molecule is CO[C@H]1O[C@@H]2COC(c3ccccc3)O[C@H]2[C@H](OCc2ccccc2)[C@@H]1OC. The molecule has 4 rings (SSSR count). The fourth-order valence-electron chi connectivity index (χ4n) is 3.72. The average molecular weight is 386 g/mol. The van der Waals surface area contributed by atoms with E-state index >= 15 is 0 Å². The Hall–Kier alpha value is -1.80. The van der Waals surface area contributed by atoms with Crippen molar-refractivity contribution in [3.8, 4) is 0 Å². The van der Waals surface area contributed by atoms with Crippen molar-refractivity contribution in [2.45, 2.75) is 43.6 Å². The molecule has 0 amide bonds. The fourth-order valence-corrected chi connectivity index (χ4v) is 3.72. The highest BCUT2D eigenvalue weighted by Gasteiger charge is 2.51. The predicted octanol–water partition coefficient (Wildman–Crippen LogP) is 3.07. The highest BCUT2D eigenvalue weighted by Crippen LogP contribution is 2.36. The third kappa shape index (κ3) is 4.12. The van der Waals surface area contributed by atoms with Crippen molar-refractivity contribution in [1.29, 1.82) is 0 Å². The second-order valence-corrected chi connectivity index (χ2v) is 6.92. The van der Waals surface area contributed by atoms with E-state index in [2.05, 4.69) is 0 Å². The van der Waals surface area contributed by atoms with Gasteiger partial charge in [-0.05, 0) is 5.56 Å². The first-order valence-electron chi connectivity index (χ1n) is 9.48. The normalized spacial score (nSPS) is 32.6. The first kappa shape index (κ1) is 19.5. The first-order chi connectivity index (χ1) is 13.8. The van der Waals surface area contributed by atoms with Gasteiger partial charge < -0.3 is 28.4 Å². The zero-order valence-electron chi connectivity index (χ0n) is 16.1. The lowest BCUT2D eigenvalue weighted by Gasteiger charge is -2.48. The number of methoxy groups -OCH3 is 2. The molecule has 0 saturated carbocycles. The zero-order valence-corrected chi connectivity index (χ0v) is 16.1. The topological polar surface area (TPSA) is 55.4 Å². The molecule has 0 N–H and O–H groups in total. The molecule has 0 bridgehead atoms. The Kier molecular flexibility index (Phi) is 6.36. The van der Waals surface area contributed by atoms with E-state index in [9.17, 15) is 0 Å². The van der Waals surface area contributed by atoms with Crippen molar-refractivity contribution in [3.63, 3.8) is 0 Å². The van der Waals surface area contributed by atoms with Gasteiger partial charge in [-0.25, -0.2) is 0 Å². The molecule has 6 atom stereocenters. The Bertz CT molecular complexity index is 724. The first-order valence-corrected chi connectivity index (χ1v) is 9.48. The van der Waals surface area contributed by atoms with Gasteiger partial charge in [0.15, 0.2) is 12.6 Å². The van der Waals surface area contributed by atoms with Gasteiger partial charge >= 0.3 is 0 Å². The van der Waals surface area contributed by atoms with Crippen LogP contribution in [0.25, 0.3) is 0 Å². The summed E-state index contributed by atoms with van der Waals surface area (Å²) in [5.74, 6) is 0. The molecule has 2 heterocycles. The van der Waals surface area contributed by atoms with Crippen LogP contribution < -0.4 is 0 Å². The molecule has 0 aromatic heterocycles. The third-order valence-electron chi connectivity index (χ3n) is 5.15. The molecule has 2 fully saturated rings. The number of fused-ring (bicyclic) bond motifs is 1. The summed E-state index contributed by atoms with van der Waals surface area (Å²) in [5.41, 5.74) is 2.05. The highest BCUT2D eigenvalue weighted by atomic mass is 16.8. The summed E-state index contributed by atoms with van der Waals surface area (Å²) in [7, 11) is 3.23. The molecule has 2 aromatic carbocycles. The van der Waals surface area contributed by atoms with E-state index in [1.807, 2.05) is 60.7 Å². The van der Waals surface area contributed by atoms with Crippen LogP contribution in [0.3, 0.4) is 0 Å². The summed E-state index contributed by atoms with van der Waals surface area (Å²) in [5, 5.41) is 0. The van der Waals surface area contributed by atoms with E-state index in [1.54, 1.807) is 14.2 Å². The van der Waals surface area contributed by atoms with E-state index in [0.29, 0.717) is 13.2 Å². The third-order valence-corrected chi connectivity index (χ3v) is 5.15. The van der Waals surface area contributed by atoms with Crippen molar-refractivity contribution in [3.05, 3.63) is 71.8 Å². The number of hydrogen-bond acceptors (Lipinski definition) is 6. The van der Waals surface area contributed by atoms with Gasteiger partial charge in [0.2, 0.25) is 0 Å². The monoisotopic (exact) mass is 386 g/mol. The second kappa shape index (κ2) is 9.13. The molecule has 1 unspecified atom stereocenters. The van der Waals surface area contributed by atoms with Crippen molar-refractivity contribution in [2.75, 3.05) is 20.8 Å². The summed E-state index contributed by atoms with van der Waals surface area (Å²) in [6, 6.07) is 19.9. The standard InChI is InChI=1S/C22H26O6/c1-23-20-19(25-13-15-9-5-3-6-10-15)18-17(27-22(20)24-2)14-26-21(28-18)16-11-7-4-8-12-16/h3-12,17-22H,13-14H2,1-2H3/t17-,18-,19+,20+,21?,22+/m1/s1. The number of ether oxygens (including phenoxy) is 6. The van der Waals surface area contributed by atoms with Crippen molar-refractivity contribution in [2.24, 2.45) is 0 Å².